The zero-order valence-corrected chi connectivity index (χ0v) is 5.54. The smallest absolute Gasteiger partial charge is 0.210 e. The van der Waals surface area contributed by atoms with Crippen molar-refractivity contribution in [3.63, 3.8) is 0 Å². The maximum atomic E-state index is 3.14. The molecule has 0 radical (unpaired) electrons. The Morgan fingerprint density at radius 2 is 1.80 bits per heavy atom. The Bertz CT molecular complexity index is 276. The molecule has 1 heterocycles. The summed E-state index contributed by atoms with van der Waals surface area (Å²) in [7, 11) is 0. The molecule has 0 atom stereocenters. The molecule has 0 aromatic heterocycles. The Morgan fingerprint density at radius 1 is 0.900 bits per heavy atom. The zero-order chi connectivity index (χ0) is 6.81. The lowest BCUT2D eigenvalue weighted by molar-refractivity contribution is -0.359. The fraction of sp³-hybridized carbons (Fsp3) is 0. The van der Waals surface area contributed by atoms with E-state index < -0.39 is 0 Å². The molecule has 0 bridgehead atoms. The summed E-state index contributed by atoms with van der Waals surface area (Å²) in [5.41, 5.74) is 2.44. The van der Waals surface area contributed by atoms with Crippen LogP contribution < -0.4 is 4.98 Å². The summed E-state index contributed by atoms with van der Waals surface area (Å²) >= 11 is 0. The number of aromatic nitrogens is 1. The number of fused-ring (bicyclic) bond motifs is 1. The third kappa shape index (κ3) is 0.760. The van der Waals surface area contributed by atoms with Gasteiger partial charge in [-0.25, -0.2) is 4.98 Å². The molecule has 0 spiro atoms. The third-order valence-electron chi connectivity index (χ3n) is 1.57. The fourth-order valence-corrected chi connectivity index (χ4v) is 1.06. The van der Waals surface area contributed by atoms with E-state index in [0.29, 0.717) is 0 Å². The van der Waals surface area contributed by atoms with Crippen LogP contribution in [-0.4, -0.2) is 0 Å². The normalized spacial score (nSPS) is 10.0. The Hall–Kier alpha value is -1.37. The van der Waals surface area contributed by atoms with Crippen molar-refractivity contribution >= 4 is 0 Å². The van der Waals surface area contributed by atoms with E-state index in [9.17, 15) is 0 Å². The van der Waals surface area contributed by atoms with Crippen LogP contribution in [0.5, 0.6) is 0 Å². The van der Waals surface area contributed by atoms with Crippen LogP contribution in [0.3, 0.4) is 0 Å². The minimum Gasteiger partial charge on any atom is -0.211 e. The van der Waals surface area contributed by atoms with Crippen molar-refractivity contribution in [2.24, 2.45) is 0 Å². The van der Waals surface area contributed by atoms with E-state index in [1.54, 1.807) is 0 Å². The molecular weight excluding hydrogens is 122 g/mol. The summed E-state index contributed by atoms with van der Waals surface area (Å²) in [6, 6.07) is 12.3. The van der Waals surface area contributed by atoms with Gasteiger partial charge in [-0.05, 0) is 6.07 Å². The van der Waals surface area contributed by atoms with E-state index in [2.05, 4.69) is 23.2 Å². The first-order valence-corrected chi connectivity index (χ1v) is 3.32. The van der Waals surface area contributed by atoms with Crippen LogP contribution >= 0.6 is 0 Å². The van der Waals surface area contributed by atoms with Crippen molar-refractivity contribution < 1.29 is 4.98 Å². The first kappa shape index (κ1) is 5.42. The van der Waals surface area contributed by atoms with Crippen LogP contribution in [0, 0.1) is 0 Å². The second kappa shape index (κ2) is 2.10. The largest absolute Gasteiger partial charge is 0.211 e. The Morgan fingerprint density at radius 3 is 2.80 bits per heavy atom. The third-order valence-corrected chi connectivity index (χ3v) is 1.57. The number of hydrogen-bond acceptors (Lipinski definition) is 0. The minimum absolute atomic E-state index is 1.19. The first-order chi connectivity index (χ1) is 4.97. The molecule has 0 saturated heterocycles. The number of nitrogens with one attached hydrogen (secondary N) is 1. The summed E-state index contributed by atoms with van der Waals surface area (Å²) in [5.74, 6) is 0. The second-order valence-electron chi connectivity index (χ2n) is 2.26. The van der Waals surface area contributed by atoms with E-state index >= 15 is 0 Å². The van der Waals surface area contributed by atoms with Gasteiger partial charge in [0.25, 0.3) is 0 Å². The van der Waals surface area contributed by atoms with Gasteiger partial charge in [-0.15, -0.1) is 0 Å². The van der Waals surface area contributed by atoms with Gasteiger partial charge in [0.1, 0.15) is 0 Å². The van der Waals surface area contributed by atoms with Gasteiger partial charge < -0.3 is 0 Å². The Balaban J connectivity index is 2.74. The van der Waals surface area contributed by atoms with Crippen molar-refractivity contribution in [1.82, 2.24) is 0 Å². The number of hydrogen-bond donors (Lipinski definition) is 0. The SMILES string of the molecule is c1ccc2cc[nH+]c-2cc1. The van der Waals surface area contributed by atoms with Crippen LogP contribution in [0.25, 0.3) is 11.3 Å². The molecule has 1 N–H and O–H groups in total. The summed E-state index contributed by atoms with van der Waals surface area (Å²) in [4.78, 5) is 3.14. The van der Waals surface area contributed by atoms with Crippen LogP contribution in [-0.2, 0) is 0 Å². The van der Waals surface area contributed by atoms with Crippen LogP contribution in [0.15, 0.2) is 42.6 Å². The maximum absolute atomic E-state index is 3.14. The first-order valence-electron chi connectivity index (χ1n) is 3.32. The highest BCUT2D eigenvalue weighted by molar-refractivity contribution is 5.55. The van der Waals surface area contributed by atoms with Crippen LogP contribution in [0.2, 0.25) is 0 Å². The number of rotatable bonds is 0. The lowest BCUT2D eigenvalue weighted by atomic mass is 10.2. The van der Waals surface area contributed by atoms with Gasteiger partial charge in [0.2, 0.25) is 5.69 Å². The highest BCUT2D eigenvalue weighted by Crippen LogP contribution is 2.12. The maximum Gasteiger partial charge on any atom is 0.210 e. The number of H-pyrrole nitrogens is 1. The van der Waals surface area contributed by atoms with Gasteiger partial charge in [0, 0.05) is 12.1 Å². The average molecular weight is 130 g/mol. The molecule has 0 amide bonds. The summed E-state index contributed by atoms with van der Waals surface area (Å²) in [6.07, 6.45) is 1.95. The van der Waals surface area contributed by atoms with Gasteiger partial charge in [-0.3, -0.25) is 0 Å². The molecule has 0 saturated carbocycles. The van der Waals surface area contributed by atoms with E-state index in [1.165, 1.54) is 11.3 Å². The zero-order valence-electron chi connectivity index (χ0n) is 5.54. The molecular formula is C9H8N+. The molecule has 0 unspecified atom stereocenters. The molecule has 0 aromatic rings. The monoisotopic (exact) mass is 130 g/mol. The molecule has 0 fully saturated rings. The fourth-order valence-electron chi connectivity index (χ4n) is 1.06. The Labute approximate surface area is 59.7 Å². The highest BCUT2D eigenvalue weighted by atomic mass is 14.7. The van der Waals surface area contributed by atoms with E-state index in [0.717, 1.165) is 0 Å². The minimum atomic E-state index is 1.19. The van der Waals surface area contributed by atoms with Crippen molar-refractivity contribution in [3.8, 4) is 11.3 Å². The molecule has 1 aliphatic carbocycles. The predicted octanol–water partition coefficient (Wildman–Crippen LogP) is 1.61. The topological polar surface area (TPSA) is 14.1 Å². The number of aromatic amines is 1. The second-order valence-corrected chi connectivity index (χ2v) is 2.26. The van der Waals surface area contributed by atoms with Crippen molar-refractivity contribution in [2.45, 2.75) is 0 Å². The summed E-state index contributed by atoms with van der Waals surface area (Å²) in [6.45, 7) is 0. The van der Waals surface area contributed by atoms with Crippen molar-refractivity contribution in [3.05, 3.63) is 42.6 Å². The molecule has 0 aromatic carbocycles. The standard InChI is InChI=1S/C9H7N/c1-2-4-8-6-7-10-9(8)5-3-1/h1-7H/p+1. The van der Waals surface area contributed by atoms with E-state index in [4.69, 9.17) is 0 Å². The van der Waals surface area contributed by atoms with Crippen LogP contribution in [0.4, 0.5) is 0 Å². The molecule has 1 nitrogen and oxygen atoms in total. The van der Waals surface area contributed by atoms with Crippen molar-refractivity contribution in [2.75, 3.05) is 0 Å². The van der Waals surface area contributed by atoms with Gasteiger partial charge in [-0.1, -0.05) is 18.2 Å². The molecule has 2 rings (SSSR count). The van der Waals surface area contributed by atoms with E-state index in [1.807, 2.05) is 24.4 Å². The summed E-state index contributed by atoms with van der Waals surface area (Å²) < 4.78 is 0. The van der Waals surface area contributed by atoms with E-state index in [-0.39, 0.29) is 0 Å². The van der Waals surface area contributed by atoms with Gasteiger partial charge in [-0.2, -0.15) is 0 Å². The molecule has 48 valence electrons. The lowest BCUT2D eigenvalue weighted by Crippen LogP contribution is -1.95. The molecule has 2 aliphatic rings. The molecule has 10 heavy (non-hydrogen) atoms. The van der Waals surface area contributed by atoms with Crippen molar-refractivity contribution in [1.29, 1.82) is 0 Å². The predicted molar refractivity (Wildman–Crippen MR) is 39.6 cm³/mol. The van der Waals surface area contributed by atoms with Gasteiger partial charge >= 0.3 is 0 Å². The van der Waals surface area contributed by atoms with Gasteiger partial charge in [0.05, 0.1) is 5.56 Å². The van der Waals surface area contributed by atoms with Gasteiger partial charge in [0.15, 0.2) is 6.20 Å². The highest BCUT2D eigenvalue weighted by Gasteiger charge is 2.03. The molecule has 1 heteroatoms. The van der Waals surface area contributed by atoms with Crippen LogP contribution in [0.1, 0.15) is 0 Å². The quantitative estimate of drug-likeness (QED) is 0.514. The molecule has 1 aliphatic heterocycles. The average Bonchev–Trinajstić information content (AvgIpc) is 2.28. The lowest BCUT2D eigenvalue weighted by Gasteiger charge is -1.76. The Kier molecular flexibility index (Phi) is 1.14. The summed E-state index contributed by atoms with van der Waals surface area (Å²) in [5, 5.41) is 0.